The molecule has 19 heavy (non-hydrogen) atoms. The third-order valence-electron chi connectivity index (χ3n) is 3.91. The second-order valence-corrected chi connectivity index (χ2v) is 5.21. The second kappa shape index (κ2) is 6.04. The van der Waals surface area contributed by atoms with E-state index >= 15 is 0 Å². The summed E-state index contributed by atoms with van der Waals surface area (Å²) in [5.74, 6) is 0.485. The van der Waals surface area contributed by atoms with Crippen molar-refractivity contribution < 1.29 is 9.53 Å². The minimum absolute atomic E-state index is 0.0394. The van der Waals surface area contributed by atoms with E-state index < -0.39 is 0 Å². The van der Waals surface area contributed by atoms with E-state index in [1.54, 1.807) is 0 Å². The zero-order valence-corrected chi connectivity index (χ0v) is 11.7. The summed E-state index contributed by atoms with van der Waals surface area (Å²) >= 11 is 0. The van der Waals surface area contributed by atoms with Crippen molar-refractivity contribution in [3.63, 3.8) is 0 Å². The van der Waals surface area contributed by atoms with Gasteiger partial charge in [0.1, 0.15) is 0 Å². The van der Waals surface area contributed by atoms with E-state index in [2.05, 4.69) is 4.98 Å². The molecule has 2 N–H and O–H groups in total. The van der Waals surface area contributed by atoms with Gasteiger partial charge in [-0.2, -0.15) is 0 Å². The zero-order valence-electron chi connectivity index (χ0n) is 11.7. The number of anilines is 1. The lowest BCUT2D eigenvalue weighted by Gasteiger charge is -2.27. The number of carbonyl (C=O) groups is 1. The Morgan fingerprint density at radius 1 is 1.37 bits per heavy atom. The SMILES string of the molecule is CCOC(=O)C1CCC(c2ccc(N)c(C)n2)CC1. The number of ether oxygens (including phenoxy) is 1. The van der Waals surface area contributed by atoms with Crippen LogP contribution in [0.15, 0.2) is 12.1 Å². The van der Waals surface area contributed by atoms with Gasteiger partial charge in [0, 0.05) is 11.6 Å². The van der Waals surface area contributed by atoms with Gasteiger partial charge in [0.2, 0.25) is 0 Å². The highest BCUT2D eigenvalue weighted by Crippen LogP contribution is 2.35. The molecule has 1 fully saturated rings. The third-order valence-corrected chi connectivity index (χ3v) is 3.91. The molecule has 1 aromatic rings. The number of hydrogen-bond donors (Lipinski definition) is 1. The summed E-state index contributed by atoms with van der Waals surface area (Å²) in [7, 11) is 0. The quantitative estimate of drug-likeness (QED) is 0.851. The topological polar surface area (TPSA) is 65.2 Å². The van der Waals surface area contributed by atoms with Crippen LogP contribution in [0.5, 0.6) is 0 Å². The van der Waals surface area contributed by atoms with Crippen molar-refractivity contribution in [3.8, 4) is 0 Å². The molecule has 0 atom stereocenters. The van der Waals surface area contributed by atoms with E-state index in [0.717, 1.165) is 42.8 Å². The number of aromatic nitrogens is 1. The number of rotatable bonds is 3. The molecule has 104 valence electrons. The van der Waals surface area contributed by atoms with Crippen molar-refractivity contribution in [1.82, 2.24) is 4.98 Å². The van der Waals surface area contributed by atoms with Gasteiger partial charge >= 0.3 is 5.97 Å². The predicted molar refractivity (Wildman–Crippen MR) is 74.7 cm³/mol. The fourth-order valence-corrected chi connectivity index (χ4v) is 2.70. The highest BCUT2D eigenvalue weighted by molar-refractivity contribution is 5.72. The van der Waals surface area contributed by atoms with Gasteiger partial charge in [-0.1, -0.05) is 0 Å². The van der Waals surface area contributed by atoms with Gasteiger partial charge < -0.3 is 10.5 Å². The minimum Gasteiger partial charge on any atom is -0.466 e. The summed E-state index contributed by atoms with van der Waals surface area (Å²) in [6.07, 6.45) is 3.79. The van der Waals surface area contributed by atoms with Gasteiger partial charge in [-0.05, 0) is 51.7 Å². The van der Waals surface area contributed by atoms with Crippen LogP contribution in [0.4, 0.5) is 5.69 Å². The number of carbonyl (C=O) groups excluding carboxylic acids is 1. The molecule has 0 aromatic carbocycles. The van der Waals surface area contributed by atoms with Gasteiger partial charge in [0.25, 0.3) is 0 Å². The molecule has 1 aliphatic carbocycles. The standard InChI is InChI=1S/C15H22N2O2/c1-3-19-15(18)12-6-4-11(5-7-12)14-9-8-13(16)10(2)17-14/h8-9,11-12H,3-7,16H2,1-2H3. The third kappa shape index (κ3) is 3.25. The van der Waals surface area contributed by atoms with Crippen molar-refractivity contribution in [2.24, 2.45) is 5.92 Å². The first-order valence-corrected chi connectivity index (χ1v) is 7.01. The van der Waals surface area contributed by atoms with Crippen molar-refractivity contribution in [1.29, 1.82) is 0 Å². The second-order valence-electron chi connectivity index (χ2n) is 5.21. The molecule has 0 amide bonds. The summed E-state index contributed by atoms with van der Waals surface area (Å²) in [5.41, 5.74) is 8.53. The molecule has 0 spiro atoms. The van der Waals surface area contributed by atoms with Gasteiger partial charge in [-0.15, -0.1) is 0 Å². The number of nitrogens with zero attached hydrogens (tertiary/aromatic N) is 1. The van der Waals surface area contributed by atoms with E-state index in [9.17, 15) is 4.79 Å². The molecule has 1 saturated carbocycles. The summed E-state index contributed by atoms with van der Waals surface area (Å²) < 4.78 is 5.09. The van der Waals surface area contributed by atoms with Crippen LogP contribution in [0.1, 0.15) is 49.9 Å². The van der Waals surface area contributed by atoms with Gasteiger partial charge in [0.15, 0.2) is 0 Å². The molecule has 0 saturated heterocycles. The van der Waals surface area contributed by atoms with Gasteiger partial charge in [0.05, 0.1) is 23.9 Å². The fraction of sp³-hybridized carbons (Fsp3) is 0.600. The van der Waals surface area contributed by atoms with Crippen LogP contribution >= 0.6 is 0 Å². The monoisotopic (exact) mass is 262 g/mol. The minimum atomic E-state index is -0.0394. The average molecular weight is 262 g/mol. The Morgan fingerprint density at radius 2 is 2.05 bits per heavy atom. The lowest BCUT2D eigenvalue weighted by Crippen LogP contribution is -2.23. The largest absolute Gasteiger partial charge is 0.466 e. The molecular weight excluding hydrogens is 240 g/mol. The fourth-order valence-electron chi connectivity index (χ4n) is 2.70. The molecule has 2 rings (SSSR count). The number of pyridine rings is 1. The van der Waals surface area contributed by atoms with Crippen molar-refractivity contribution in [2.75, 3.05) is 12.3 Å². The van der Waals surface area contributed by atoms with Crippen LogP contribution in [0.25, 0.3) is 0 Å². The smallest absolute Gasteiger partial charge is 0.308 e. The first-order valence-electron chi connectivity index (χ1n) is 7.01. The van der Waals surface area contributed by atoms with Crippen LogP contribution in [0.2, 0.25) is 0 Å². The van der Waals surface area contributed by atoms with Crippen LogP contribution < -0.4 is 5.73 Å². The zero-order chi connectivity index (χ0) is 13.8. The van der Waals surface area contributed by atoms with Crippen LogP contribution in [0, 0.1) is 12.8 Å². The summed E-state index contributed by atoms with van der Waals surface area (Å²) in [6, 6.07) is 3.94. The van der Waals surface area contributed by atoms with Crippen LogP contribution in [0.3, 0.4) is 0 Å². The molecule has 4 heteroatoms. The summed E-state index contributed by atoms with van der Waals surface area (Å²) in [5, 5.41) is 0. The molecule has 0 unspecified atom stereocenters. The molecular formula is C15H22N2O2. The van der Waals surface area contributed by atoms with Gasteiger partial charge in [-0.25, -0.2) is 0 Å². The molecule has 0 radical (unpaired) electrons. The Labute approximate surface area is 114 Å². The number of nitrogens with two attached hydrogens (primary N) is 1. The maximum Gasteiger partial charge on any atom is 0.308 e. The number of nitrogen functional groups attached to an aromatic ring is 1. The Kier molecular flexibility index (Phi) is 4.40. The Morgan fingerprint density at radius 3 is 2.63 bits per heavy atom. The molecule has 1 heterocycles. The molecule has 0 aliphatic heterocycles. The van der Waals surface area contributed by atoms with E-state index in [4.69, 9.17) is 10.5 Å². The molecule has 4 nitrogen and oxygen atoms in total. The first-order chi connectivity index (χ1) is 9.11. The first kappa shape index (κ1) is 13.8. The number of hydrogen-bond acceptors (Lipinski definition) is 4. The van der Waals surface area contributed by atoms with Crippen LogP contribution in [-0.2, 0) is 9.53 Å². The normalized spacial score (nSPS) is 23.1. The lowest BCUT2D eigenvalue weighted by molar-refractivity contribution is -0.149. The predicted octanol–water partition coefficient (Wildman–Crippen LogP) is 2.81. The van der Waals surface area contributed by atoms with Gasteiger partial charge in [-0.3, -0.25) is 9.78 Å². The molecule has 0 bridgehead atoms. The Bertz CT molecular complexity index is 451. The van der Waals surface area contributed by atoms with E-state index in [1.807, 2.05) is 26.0 Å². The maximum atomic E-state index is 11.7. The number of esters is 1. The highest BCUT2D eigenvalue weighted by atomic mass is 16.5. The maximum absolute atomic E-state index is 11.7. The summed E-state index contributed by atoms with van der Waals surface area (Å²) in [4.78, 5) is 16.2. The molecule has 1 aliphatic rings. The molecule has 1 aromatic heterocycles. The van der Waals surface area contributed by atoms with E-state index in [0.29, 0.717) is 12.5 Å². The Hall–Kier alpha value is -1.58. The van der Waals surface area contributed by atoms with E-state index in [1.165, 1.54) is 0 Å². The Balaban J connectivity index is 1.96. The van der Waals surface area contributed by atoms with Crippen molar-refractivity contribution >= 4 is 11.7 Å². The van der Waals surface area contributed by atoms with Crippen LogP contribution in [-0.4, -0.2) is 17.6 Å². The van der Waals surface area contributed by atoms with E-state index in [-0.39, 0.29) is 11.9 Å². The summed E-state index contributed by atoms with van der Waals surface area (Å²) in [6.45, 7) is 4.26. The highest BCUT2D eigenvalue weighted by Gasteiger charge is 2.28. The van der Waals surface area contributed by atoms with Crippen molar-refractivity contribution in [3.05, 3.63) is 23.5 Å². The average Bonchev–Trinajstić information content (AvgIpc) is 2.42. The number of aryl methyl sites for hydroxylation is 1. The lowest BCUT2D eigenvalue weighted by atomic mass is 9.80. The van der Waals surface area contributed by atoms with Crippen molar-refractivity contribution in [2.45, 2.75) is 45.4 Å².